The highest BCUT2D eigenvalue weighted by atomic mass is 19.4. The molecule has 0 heterocycles. The summed E-state index contributed by atoms with van der Waals surface area (Å²) in [6.07, 6.45) is -9.89. The monoisotopic (exact) mass is 238 g/mol. The van der Waals surface area contributed by atoms with Crippen molar-refractivity contribution in [2.75, 3.05) is 20.1 Å². The summed E-state index contributed by atoms with van der Waals surface area (Å²) in [6, 6.07) is -2.15. The Balaban J connectivity index is 4.50. The van der Waals surface area contributed by atoms with E-state index >= 15 is 0 Å². The van der Waals surface area contributed by atoms with E-state index in [-0.39, 0.29) is 11.4 Å². The maximum atomic E-state index is 12.3. The van der Waals surface area contributed by atoms with Gasteiger partial charge >= 0.3 is 12.4 Å². The van der Waals surface area contributed by atoms with Gasteiger partial charge in [0.1, 0.15) is 6.04 Å². The third-order valence-corrected chi connectivity index (χ3v) is 1.78. The van der Waals surface area contributed by atoms with E-state index < -0.39 is 31.4 Å². The van der Waals surface area contributed by atoms with Crippen LogP contribution in [0.4, 0.5) is 26.3 Å². The first-order chi connectivity index (χ1) is 6.58. The van der Waals surface area contributed by atoms with Crippen LogP contribution in [-0.2, 0) is 0 Å². The maximum absolute atomic E-state index is 12.3. The van der Waals surface area contributed by atoms with Crippen LogP contribution in [0.3, 0.4) is 0 Å². The Labute approximate surface area is 83.0 Å². The fourth-order valence-electron chi connectivity index (χ4n) is 1.18. The third-order valence-electron chi connectivity index (χ3n) is 1.78. The smallest absolute Gasteiger partial charge is 0.330 e. The lowest BCUT2D eigenvalue weighted by atomic mass is 10.1. The lowest BCUT2D eigenvalue weighted by Crippen LogP contribution is -2.48. The van der Waals surface area contributed by atoms with Gasteiger partial charge in [0, 0.05) is 0 Å². The van der Waals surface area contributed by atoms with Crippen molar-refractivity contribution in [3.63, 3.8) is 0 Å². The molecule has 0 aromatic rings. The van der Waals surface area contributed by atoms with E-state index in [1.807, 2.05) is 0 Å². The van der Waals surface area contributed by atoms with E-state index in [9.17, 15) is 26.3 Å². The van der Waals surface area contributed by atoms with Crippen molar-refractivity contribution in [3.8, 4) is 0 Å². The largest absolute Gasteiger partial charge is 0.404 e. The molecule has 0 spiro atoms. The second-order valence-corrected chi connectivity index (χ2v) is 3.17. The van der Waals surface area contributed by atoms with Crippen molar-refractivity contribution >= 4 is 0 Å². The van der Waals surface area contributed by atoms with Crippen LogP contribution in [0.1, 0.15) is 6.42 Å². The van der Waals surface area contributed by atoms with Crippen molar-refractivity contribution in [2.45, 2.75) is 24.8 Å². The van der Waals surface area contributed by atoms with Crippen molar-refractivity contribution in [1.29, 1.82) is 0 Å². The van der Waals surface area contributed by atoms with Crippen LogP contribution < -0.4 is 5.73 Å². The molecule has 8 heteroatoms. The number of hydrogen-bond donors (Lipinski definition) is 1. The molecule has 0 aliphatic heterocycles. The SMILES string of the molecule is CN(CC(F)(F)F)C(CCN)C(F)(F)F. The van der Waals surface area contributed by atoms with E-state index in [4.69, 9.17) is 5.73 Å². The zero-order valence-electron chi connectivity index (χ0n) is 7.99. The molecule has 92 valence electrons. The van der Waals surface area contributed by atoms with E-state index in [2.05, 4.69) is 0 Å². The number of alkyl halides is 6. The lowest BCUT2D eigenvalue weighted by Gasteiger charge is -2.30. The number of nitrogens with zero attached hydrogens (tertiary/aromatic N) is 1. The minimum atomic E-state index is -4.70. The van der Waals surface area contributed by atoms with Gasteiger partial charge in [0.05, 0.1) is 6.54 Å². The molecule has 0 saturated heterocycles. The van der Waals surface area contributed by atoms with Gasteiger partial charge in [0.2, 0.25) is 0 Å². The van der Waals surface area contributed by atoms with Crippen LogP contribution in [0.5, 0.6) is 0 Å². The van der Waals surface area contributed by atoms with Gasteiger partial charge in [-0.15, -0.1) is 0 Å². The van der Waals surface area contributed by atoms with Crippen molar-refractivity contribution in [2.24, 2.45) is 5.73 Å². The molecular weight excluding hydrogens is 226 g/mol. The molecule has 0 aromatic heterocycles. The molecule has 2 nitrogen and oxygen atoms in total. The summed E-state index contributed by atoms with van der Waals surface area (Å²) in [5.74, 6) is 0. The van der Waals surface area contributed by atoms with Gasteiger partial charge in [-0.3, -0.25) is 4.90 Å². The van der Waals surface area contributed by atoms with Gasteiger partial charge in [0.15, 0.2) is 0 Å². The summed E-state index contributed by atoms with van der Waals surface area (Å²) >= 11 is 0. The van der Waals surface area contributed by atoms with Crippen LogP contribution in [-0.4, -0.2) is 43.4 Å². The van der Waals surface area contributed by atoms with Gasteiger partial charge in [-0.05, 0) is 20.0 Å². The highest BCUT2D eigenvalue weighted by molar-refractivity contribution is 4.78. The number of rotatable bonds is 4. The summed E-state index contributed by atoms with van der Waals surface area (Å²) < 4.78 is 72.4. The van der Waals surface area contributed by atoms with Crippen molar-refractivity contribution in [3.05, 3.63) is 0 Å². The van der Waals surface area contributed by atoms with Crippen molar-refractivity contribution in [1.82, 2.24) is 4.90 Å². The standard InChI is InChI=1S/C7H12F6N2/c1-15(4-6(8,9)10)5(2-3-14)7(11,12)13/h5H,2-4,14H2,1H3. The number of nitrogens with two attached hydrogens (primary N) is 1. The molecule has 0 amide bonds. The van der Waals surface area contributed by atoms with Gasteiger partial charge < -0.3 is 5.73 Å². The van der Waals surface area contributed by atoms with E-state index in [1.54, 1.807) is 0 Å². The predicted molar refractivity (Wildman–Crippen MR) is 42.2 cm³/mol. The van der Waals surface area contributed by atoms with Gasteiger partial charge in [0.25, 0.3) is 0 Å². The Kier molecular flexibility index (Phi) is 4.85. The first-order valence-corrected chi connectivity index (χ1v) is 4.11. The first kappa shape index (κ1) is 14.5. The molecule has 0 aromatic carbocycles. The van der Waals surface area contributed by atoms with Crippen LogP contribution >= 0.6 is 0 Å². The predicted octanol–water partition coefficient (Wildman–Crippen LogP) is 1.76. The van der Waals surface area contributed by atoms with Crippen LogP contribution in [0.25, 0.3) is 0 Å². The van der Waals surface area contributed by atoms with Gasteiger partial charge in [-0.1, -0.05) is 0 Å². The quantitative estimate of drug-likeness (QED) is 0.756. The lowest BCUT2D eigenvalue weighted by molar-refractivity contribution is -0.205. The Morgan fingerprint density at radius 2 is 1.60 bits per heavy atom. The Morgan fingerprint density at radius 1 is 1.13 bits per heavy atom. The van der Waals surface area contributed by atoms with Crippen molar-refractivity contribution < 1.29 is 26.3 Å². The Bertz CT molecular complexity index is 187. The fourth-order valence-corrected chi connectivity index (χ4v) is 1.18. The highest BCUT2D eigenvalue weighted by Crippen LogP contribution is 2.28. The number of halogens is 6. The summed E-state index contributed by atoms with van der Waals surface area (Å²) in [5, 5.41) is 0. The average Bonchev–Trinajstić information content (AvgIpc) is 1.93. The van der Waals surface area contributed by atoms with Gasteiger partial charge in [-0.25, -0.2) is 0 Å². The molecule has 0 aliphatic carbocycles. The zero-order chi connectivity index (χ0) is 12.3. The molecule has 1 atom stereocenters. The first-order valence-electron chi connectivity index (χ1n) is 4.11. The normalized spacial score (nSPS) is 15.8. The molecule has 2 N–H and O–H groups in total. The molecular formula is C7H12F6N2. The minimum absolute atomic E-state index is 0.215. The second-order valence-electron chi connectivity index (χ2n) is 3.17. The molecule has 15 heavy (non-hydrogen) atoms. The molecule has 0 saturated carbocycles. The molecule has 1 unspecified atom stereocenters. The Morgan fingerprint density at radius 3 is 1.87 bits per heavy atom. The van der Waals surface area contributed by atoms with E-state index in [1.165, 1.54) is 0 Å². The van der Waals surface area contributed by atoms with Crippen LogP contribution in [0, 0.1) is 0 Å². The average molecular weight is 238 g/mol. The molecule has 0 aliphatic rings. The second kappa shape index (κ2) is 5.02. The summed E-state index contributed by atoms with van der Waals surface area (Å²) in [6.45, 7) is -1.91. The van der Waals surface area contributed by atoms with E-state index in [0.717, 1.165) is 7.05 Å². The minimum Gasteiger partial charge on any atom is -0.330 e. The maximum Gasteiger partial charge on any atom is 0.404 e. The fraction of sp³-hybridized carbons (Fsp3) is 1.00. The molecule has 0 rings (SSSR count). The summed E-state index contributed by atoms with van der Waals surface area (Å²) in [7, 11) is 0.779. The van der Waals surface area contributed by atoms with Crippen LogP contribution in [0.2, 0.25) is 0 Å². The third kappa shape index (κ3) is 5.83. The highest BCUT2D eigenvalue weighted by Gasteiger charge is 2.44. The summed E-state index contributed by atoms with van der Waals surface area (Å²) in [4.78, 5) is 0.215. The molecule has 0 bridgehead atoms. The van der Waals surface area contributed by atoms with Gasteiger partial charge in [-0.2, -0.15) is 26.3 Å². The molecule has 0 fully saturated rings. The topological polar surface area (TPSA) is 29.3 Å². The summed E-state index contributed by atoms with van der Waals surface area (Å²) in [5.41, 5.74) is 4.92. The number of hydrogen-bond acceptors (Lipinski definition) is 2. The molecule has 0 radical (unpaired) electrons. The van der Waals surface area contributed by atoms with E-state index in [0.29, 0.717) is 0 Å². The zero-order valence-corrected chi connectivity index (χ0v) is 7.99. The van der Waals surface area contributed by atoms with Crippen LogP contribution in [0.15, 0.2) is 0 Å². The Hall–Kier alpha value is -0.500.